The molecule has 11 nitrogen and oxygen atoms in total. The van der Waals surface area contributed by atoms with E-state index in [-0.39, 0.29) is 37.9 Å². The van der Waals surface area contributed by atoms with Gasteiger partial charge < -0.3 is 30.8 Å². The summed E-state index contributed by atoms with van der Waals surface area (Å²) in [6, 6.07) is 0. The third-order valence-electron chi connectivity index (χ3n) is 4.23. The van der Waals surface area contributed by atoms with Gasteiger partial charge in [0.2, 0.25) is 17.7 Å². The van der Waals surface area contributed by atoms with Gasteiger partial charge in [0.05, 0.1) is 6.61 Å². The van der Waals surface area contributed by atoms with Gasteiger partial charge in [-0.1, -0.05) is 39.7 Å². The van der Waals surface area contributed by atoms with Crippen molar-refractivity contribution < 1.29 is 38.4 Å². The van der Waals surface area contributed by atoms with Crippen LogP contribution in [0.2, 0.25) is 0 Å². The highest BCUT2D eigenvalue weighted by Gasteiger charge is 2.35. The van der Waals surface area contributed by atoms with Crippen molar-refractivity contribution in [1.29, 1.82) is 0 Å². The summed E-state index contributed by atoms with van der Waals surface area (Å²) in [5.74, 6) is -1.36. The molecular formula is C19H36N3O8P. The Balaban J connectivity index is 4.01. The van der Waals surface area contributed by atoms with Crippen LogP contribution in [0.5, 0.6) is 0 Å². The predicted octanol–water partition coefficient (Wildman–Crippen LogP) is 0.358. The minimum absolute atomic E-state index is 0.0377. The van der Waals surface area contributed by atoms with Crippen LogP contribution in [0.1, 0.15) is 52.9 Å². The lowest BCUT2D eigenvalue weighted by Crippen LogP contribution is -2.46. The maximum atomic E-state index is 12.0. The molecule has 12 heteroatoms. The van der Waals surface area contributed by atoms with Crippen LogP contribution in [0.4, 0.5) is 0 Å². The third kappa shape index (κ3) is 15.6. The number of aliphatic hydroxyl groups is 1. The molecule has 0 unspecified atom stereocenters. The topological polar surface area (TPSA) is 174 Å². The first-order chi connectivity index (χ1) is 14.4. The Labute approximate surface area is 183 Å². The number of phosphoric ester groups is 1. The van der Waals surface area contributed by atoms with Crippen LogP contribution >= 0.6 is 7.82 Å². The van der Waals surface area contributed by atoms with E-state index in [1.807, 2.05) is 6.08 Å². The molecule has 0 aromatic heterocycles. The Bertz CT molecular complexity index is 648. The maximum Gasteiger partial charge on any atom is 0.469 e. The molecule has 1 atom stereocenters. The molecule has 180 valence electrons. The van der Waals surface area contributed by atoms with Crippen molar-refractivity contribution in [3.63, 3.8) is 0 Å². The van der Waals surface area contributed by atoms with Crippen molar-refractivity contribution >= 4 is 25.5 Å². The lowest BCUT2D eigenvalue weighted by Gasteiger charge is -2.29. The summed E-state index contributed by atoms with van der Waals surface area (Å²) < 4.78 is 15.1. The molecule has 0 fully saturated rings. The molecule has 0 spiro atoms. The van der Waals surface area contributed by atoms with Crippen LogP contribution in [0.15, 0.2) is 12.2 Å². The predicted molar refractivity (Wildman–Crippen MR) is 115 cm³/mol. The molecule has 0 heterocycles. The lowest BCUT2D eigenvalue weighted by atomic mass is 9.87. The molecule has 0 bridgehead atoms. The smallest absolute Gasteiger partial charge is 0.383 e. The number of nitrogens with one attached hydrogen (secondary N) is 3. The number of hydrogen-bond donors (Lipinski definition) is 6. The van der Waals surface area contributed by atoms with E-state index in [9.17, 15) is 24.1 Å². The second-order valence-electron chi connectivity index (χ2n) is 7.74. The van der Waals surface area contributed by atoms with Gasteiger partial charge in [0.1, 0.15) is 6.10 Å². The third-order valence-corrected chi connectivity index (χ3v) is 4.70. The van der Waals surface area contributed by atoms with Gasteiger partial charge in [-0.05, 0) is 18.9 Å². The number of hydrogen-bond acceptors (Lipinski definition) is 6. The minimum Gasteiger partial charge on any atom is -0.383 e. The van der Waals surface area contributed by atoms with E-state index in [0.717, 1.165) is 25.7 Å². The molecule has 6 N–H and O–H groups in total. The van der Waals surface area contributed by atoms with Gasteiger partial charge in [0.15, 0.2) is 0 Å². The number of phosphoric acid groups is 1. The van der Waals surface area contributed by atoms with E-state index in [4.69, 9.17) is 9.79 Å². The van der Waals surface area contributed by atoms with Crippen molar-refractivity contribution in [2.24, 2.45) is 5.41 Å². The van der Waals surface area contributed by atoms with Crippen molar-refractivity contribution in [2.45, 2.75) is 59.0 Å². The fourth-order valence-corrected chi connectivity index (χ4v) is 2.82. The van der Waals surface area contributed by atoms with Gasteiger partial charge in [-0.15, -0.1) is 0 Å². The standard InChI is InChI=1S/C19H36N3O8P/c1-4-5-6-7-8-9-15(23)20-12-13-21-16(24)10-11-22-18(26)17(25)19(2,3)14-30-31(27,28)29/h8-9,17,25H,4-7,10-14H2,1-3H3,(H,20,23)(H,21,24)(H,22,26)(H2,27,28,29)/b9-8+/t17-/m0/s1. The summed E-state index contributed by atoms with van der Waals surface area (Å²) in [7, 11) is -4.72. The first-order valence-electron chi connectivity index (χ1n) is 10.3. The molecule has 0 aromatic carbocycles. The van der Waals surface area contributed by atoms with Crippen molar-refractivity contribution in [3.8, 4) is 0 Å². The molecule has 0 aromatic rings. The number of carbonyl (C=O) groups is 3. The van der Waals surface area contributed by atoms with Crippen molar-refractivity contribution in [3.05, 3.63) is 12.2 Å². The lowest BCUT2D eigenvalue weighted by molar-refractivity contribution is -0.137. The van der Waals surface area contributed by atoms with Gasteiger partial charge in [0, 0.05) is 31.5 Å². The van der Waals surface area contributed by atoms with E-state index in [1.54, 1.807) is 0 Å². The van der Waals surface area contributed by atoms with E-state index in [1.165, 1.54) is 19.9 Å². The first-order valence-corrected chi connectivity index (χ1v) is 11.8. The summed E-state index contributed by atoms with van der Waals surface area (Å²) >= 11 is 0. The second kappa shape index (κ2) is 15.1. The molecule has 0 radical (unpaired) electrons. The van der Waals surface area contributed by atoms with Gasteiger partial charge in [0.25, 0.3) is 0 Å². The Morgan fingerprint density at radius 3 is 2.32 bits per heavy atom. The number of rotatable bonds is 16. The molecule has 0 saturated heterocycles. The summed E-state index contributed by atoms with van der Waals surface area (Å²) in [4.78, 5) is 52.8. The zero-order valence-corrected chi connectivity index (χ0v) is 19.3. The number of carbonyl (C=O) groups excluding carboxylic acids is 3. The van der Waals surface area contributed by atoms with E-state index in [0.29, 0.717) is 0 Å². The molecule has 0 saturated carbocycles. The van der Waals surface area contributed by atoms with E-state index < -0.39 is 31.9 Å². The summed E-state index contributed by atoms with van der Waals surface area (Å²) in [5.41, 5.74) is -1.25. The highest BCUT2D eigenvalue weighted by Crippen LogP contribution is 2.38. The van der Waals surface area contributed by atoms with Crippen LogP contribution < -0.4 is 16.0 Å². The van der Waals surface area contributed by atoms with Crippen LogP contribution in [-0.4, -0.2) is 65.0 Å². The highest BCUT2D eigenvalue weighted by molar-refractivity contribution is 7.46. The van der Waals surface area contributed by atoms with Gasteiger partial charge >= 0.3 is 7.82 Å². The Morgan fingerprint density at radius 1 is 1.06 bits per heavy atom. The quantitative estimate of drug-likeness (QED) is 0.108. The normalized spacial score (nSPS) is 13.1. The van der Waals surface area contributed by atoms with E-state index in [2.05, 4.69) is 27.4 Å². The summed E-state index contributed by atoms with van der Waals surface area (Å²) in [6.45, 7) is 4.86. The fourth-order valence-electron chi connectivity index (χ4n) is 2.32. The Hall–Kier alpha value is -1.78. The molecule has 31 heavy (non-hydrogen) atoms. The van der Waals surface area contributed by atoms with E-state index >= 15 is 0 Å². The summed E-state index contributed by atoms with van der Waals surface area (Å²) in [5, 5.41) is 17.7. The van der Waals surface area contributed by atoms with Gasteiger partial charge in [-0.3, -0.25) is 18.9 Å². The highest BCUT2D eigenvalue weighted by atomic mass is 31.2. The first kappa shape index (κ1) is 29.2. The molecule has 0 aliphatic heterocycles. The van der Waals surface area contributed by atoms with Gasteiger partial charge in [-0.2, -0.15) is 0 Å². The molecule has 0 aliphatic carbocycles. The van der Waals surface area contributed by atoms with Crippen LogP contribution in [-0.2, 0) is 23.5 Å². The second-order valence-corrected chi connectivity index (χ2v) is 8.97. The SMILES string of the molecule is CCCCC/C=C/C(=O)NCCNC(=O)CCNC(=O)[C@H](O)C(C)(C)COP(=O)(O)O. The molecule has 0 rings (SSSR count). The van der Waals surface area contributed by atoms with Crippen LogP contribution in [0, 0.1) is 5.41 Å². The maximum absolute atomic E-state index is 12.0. The largest absolute Gasteiger partial charge is 0.469 e. The fraction of sp³-hybridized carbons (Fsp3) is 0.737. The summed E-state index contributed by atoms with van der Waals surface area (Å²) in [6.07, 6.45) is 5.81. The van der Waals surface area contributed by atoms with Gasteiger partial charge in [-0.25, -0.2) is 4.57 Å². The average Bonchev–Trinajstić information content (AvgIpc) is 2.68. The zero-order valence-electron chi connectivity index (χ0n) is 18.4. The molecular weight excluding hydrogens is 429 g/mol. The number of unbranched alkanes of at least 4 members (excludes halogenated alkanes) is 3. The Kier molecular flexibility index (Phi) is 14.2. The number of aliphatic hydroxyl groups excluding tert-OH is 1. The molecule has 0 aliphatic rings. The van der Waals surface area contributed by atoms with Crippen LogP contribution in [0.25, 0.3) is 0 Å². The Morgan fingerprint density at radius 2 is 1.71 bits per heavy atom. The van der Waals surface area contributed by atoms with Crippen molar-refractivity contribution in [1.82, 2.24) is 16.0 Å². The van der Waals surface area contributed by atoms with Crippen LogP contribution in [0.3, 0.4) is 0 Å². The number of amides is 3. The number of allylic oxidation sites excluding steroid dienone is 1. The zero-order chi connectivity index (χ0) is 23.9. The van der Waals surface area contributed by atoms with Crippen molar-refractivity contribution in [2.75, 3.05) is 26.2 Å². The molecule has 3 amide bonds. The average molecular weight is 465 g/mol. The minimum atomic E-state index is -4.72. The monoisotopic (exact) mass is 465 g/mol.